The van der Waals surface area contributed by atoms with Crippen LogP contribution in [0.2, 0.25) is 0 Å². The van der Waals surface area contributed by atoms with E-state index in [0.717, 1.165) is 18.8 Å². The van der Waals surface area contributed by atoms with Crippen LogP contribution in [-0.2, 0) is 4.79 Å². The predicted octanol–water partition coefficient (Wildman–Crippen LogP) is 2.41. The zero-order valence-corrected chi connectivity index (χ0v) is 9.83. The van der Waals surface area contributed by atoms with Crippen LogP contribution < -0.4 is 5.32 Å². The van der Waals surface area contributed by atoms with Gasteiger partial charge in [-0.1, -0.05) is 19.8 Å². The highest BCUT2D eigenvalue weighted by Crippen LogP contribution is 2.34. The normalized spacial score (nSPS) is 19.9. The molecule has 1 fully saturated rings. The van der Waals surface area contributed by atoms with Crippen LogP contribution >= 0.6 is 0 Å². The van der Waals surface area contributed by atoms with Gasteiger partial charge in [-0.05, 0) is 32.1 Å². The van der Waals surface area contributed by atoms with Crippen LogP contribution in [0.25, 0.3) is 0 Å². The van der Waals surface area contributed by atoms with Crippen molar-refractivity contribution in [2.24, 2.45) is 5.92 Å². The van der Waals surface area contributed by atoms with E-state index in [1.807, 2.05) is 0 Å². The molecule has 0 bridgehead atoms. The number of carboxylic acids is 1. The Morgan fingerprint density at radius 3 is 2.67 bits per heavy atom. The molecule has 1 aliphatic rings. The van der Waals surface area contributed by atoms with Crippen molar-refractivity contribution in [2.45, 2.75) is 64.5 Å². The summed E-state index contributed by atoms with van der Waals surface area (Å²) in [5, 5.41) is 12.1. The maximum atomic E-state index is 10.4. The molecule has 0 spiro atoms. The fourth-order valence-electron chi connectivity index (χ4n) is 1.93. The third kappa shape index (κ3) is 5.78. The van der Waals surface area contributed by atoms with Crippen LogP contribution in [0.3, 0.4) is 0 Å². The number of hydrogen-bond donors (Lipinski definition) is 2. The van der Waals surface area contributed by atoms with Crippen LogP contribution in [0.15, 0.2) is 0 Å². The van der Waals surface area contributed by atoms with E-state index >= 15 is 0 Å². The summed E-state index contributed by atoms with van der Waals surface area (Å²) in [6, 6.07) is 0.908. The molecule has 0 aromatic rings. The van der Waals surface area contributed by atoms with E-state index in [1.165, 1.54) is 19.3 Å². The van der Waals surface area contributed by atoms with Gasteiger partial charge in [0.25, 0.3) is 0 Å². The van der Waals surface area contributed by atoms with E-state index in [-0.39, 0.29) is 6.42 Å². The minimum absolute atomic E-state index is 0.272. The van der Waals surface area contributed by atoms with Gasteiger partial charge in [0.2, 0.25) is 0 Å². The van der Waals surface area contributed by atoms with E-state index in [2.05, 4.69) is 19.2 Å². The summed E-state index contributed by atoms with van der Waals surface area (Å²) < 4.78 is 0. The molecule has 2 N–H and O–H groups in total. The predicted molar refractivity (Wildman–Crippen MR) is 60.9 cm³/mol. The maximum absolute atomic E-state index is 10.4. The van der Waals surface area contributed by atoms with E-state index in [9.17, 15) is 4.79 Å². The summed E-state index contributed by atoms with van der Waals surface area (Å²) in [7, 11) is 0. The minimum Gasteiger partial charge on any atom is -0.481 e. The quantitative estimate of drug-likeness (QED) is 0.651. The van der Waals surface area contributed by atoms with Crippen molar-refractivity contribution < 1.29 is 9.90 Å². The van der Waals surface area contributed by atoms with Crippen molar-refractivity contribution in [1.29, 1.82) is 0 Å². The first-order chi connectivity index (χ1) is 7.11. The van der Waals surface area contributed by atoms with Gasteiger partial charge in [0.1, 0.15) is 0 Å². The monoisotopic (exact) mass is 213 g/mol. The average Bonchev–Trinajstić information content (AvgIpc) is 2.97. The van der Waals surface area contributed by atoms with Crippen molar-refractivity contribution in [3.8, 4) is 0 Å². The molecule has 15 heavy (non-hydrogen) atoms. The molecule has 0 heterocycles. The second kappa shape index (κ2) is 6.11. The Labute approximate surface area is 92.3 Å². The molecule has 2 atom stereocenters. The number of carbonyl (C=O) groups is 1. The zero-order chi connectivity index (χ0) is 11.3. The molecule has 3 heteroatoms. The molecule has 2 unspecified atom stereocenters. The Kier molecular flexibility index (Phi) is 5.09. The van der Waals surface area contributed by atoms with Gasteiger partial charge >= 0.3 is 5.97 Å². The molecule has 88 valence electrons. The van der Waals surface area contributed by atoms with Gasteiger partial charge in [-0.3, -0.25) is 4.79 Å². The standard InChI is InChI=1S/C12H23NO2/c1-3-11(8-10-5-6-10)13-9(2)4-7-12(14)15/h9-11,13H,3-8H2,1-2H3,(H,14,15). The topological polar surface area (TPSA) is 49.3 Å². The van der Waals surface area contributed by atoms with Gasteiger partial charge in [-0.15, -0.1) is 0 Å². The van der Waals surface area contributed by atoms with Crippen LogP contribution in [-0.4, -0.2) is 23.2 Å². The molecule has 0 saturated heterocycles. The molecule has 1 rings (SSSR count). The fourth-order valence-corrected chi connectivity index (χ4v) is 1.93. The highest BCUT2D eigenvalue weighted by Gasteiger charge is 2.25. The van der Waals surface area contributed by atoms with Gasteiger partial charge in [0, 0.05) is 18.5 Å². The Balaban J connectivity index is 2.14. The third-order valence-electron chi connectivity index (χ3n) is 3.12. The van der Waals surface area contributed by atoms with E-state index in [0.29, 0.717) is 12.1 Å². The highest BCUT2D eigenvalue weighted by atomic mass is 16.4. The van der Waals surface area contributed by atoms with Crippen molar-refractivity contribution >= 4 is 5.97 Å². The lowest BCUT2D eigenvalue weighted by Gasteiger charge is -2.21. The molecule has 1 saturated carbocycles. The lowest BCUT2D eigenvalue weighted by molar-refractivity contribution is -0.137. The second-order valence-corrected chi connectivity index (χ2v) is 4.78. The molecular formula is C12H23NO2. The van der Waals surface area contributed by atoms with Crippen LogP contribution in [0.4, 0.5) is 0 Å². The molecule has 1 aliphatic carbocycles. The van der Waals surface area contributed by atoms with Gasteiger partial charge in [0.05, 0.1) is 0 Å². The Bertz CT molecular complexity index is 202. The summed E-state index contributed by atoms with van der Waals surface area (Å²) in [4.78, 5) is 10.4. The van der Waals surface area contributed by atoms with Gasteiger partial charge in [-0.25, -0.2) is 0 Å². The summed E-state index contributed by atoms with van der Waals surface area (Å²) in [5.41, 5.74) is 0. The Morgan fingerprint density at radius 1 is 1.53 bits per heavy atom. The Hall–Kier alpha value is -0.570. The van der Waals surface area contributed by atoms with Crippen molar-refractivity contribution in [3.63, 3.8) is 0 Å². The summed E-state index contributed by atoms with van der Waals surface area (Å²) in [5.74, 6) is 0.244. The van der Waals surface area contributed by atoms with Crippen LogP contribution in [0.1, 0.15) is 52.4 Å². The lowest BCUT2D eigenvalue weighted by Crippen LogP contribution is -2.36. The molecule has 0 aromatic carbocycles. The van der Waals surface area contributed by atoms with Crippen molar-refractivity contribution in [1.82, 2.24) is 5.32 Å². The Morgan fingerprint density at radius 2 is 2.20 bits per heavy atom. The first kappa shape index (κ1) is 12.5. The number of carboxylic acid groups (broad SMARTS) is 1. The zero-order valence-electron chi connectivity index (χ0n) is 9.83. The SMILES string of the molecule is CCC(CC1CC1)NC(C)CCC(=O)O. The third-order valence-corrected chi connectivity index (χ3v) is 3.12. The molecule has 0 aromatic heterocycles. The maximum Gasteiger partial charge on any atom is 0.303 e. The summed E-state index contributed by atoms with van der Waals surface area (Å²) in [6.07, 6.45) is 6.20. The van der Waals surface area contributed by atoms with Crippen molar-refractivity contribution in [3.05, 3.63) is 0 Å². The largest absolute Gasteiger partial charge is 0.481 e. The smallest absolute Gasteiger partial charge is 0.303 e. The molecule has 0 radical (unpaired) electrons. The number of hydrogen-bond acceptors (Lipinski definition) is 2. The fraction of sp³-hybridized carbons (Fsp3) is 0.917. The molecule has 3 nitrogen and oxygen atoms in total. The van der Waals surface area contributed by atoms with E-state index in [4.69, 9.17) is 5.11 Å². The van der Waals surface area contributed by atoms with Gasteiger partial charge < -0.3 is 10.4 Å². The summed E-state index contributed by atoms with van der Waals surface area (Å²) in [6.45, 7) is 4.28. The molecule has 0 aliphatic heterocycles. The number of aliphatic carboxylic acids is 1. The van der Waals surface area contributed by atoms with Crippen molar-refractivity contribution in [2.75, 3.05) is 0 Å². The van der Waals surface area contributed by atoms with E-state index < -0.39 is 5.97 Å². The first-order valence-electron chi connectivity index (χ1n) is 6.09. The summed E-state index contributed by atoms with van der Waals surface area (Å²) >= 11 is 0. The van der Waals surface area contributed by atoms with Crippen LogP contribution in [0.5, 0.6) is 0 Å². The first-order valence-corrected chi connectivity index (χ1v) is 6.09. The average molecular weight is 213 g/mol. The molecular weight excluding hydrogens is 190 g/mol. The number of rotatable bonds is 8. The lowest BCUT2D eigenvalue weighted by atomic mass is 10.1. The minimum atomic E-state index is -0.695. The van der Waals surface area contributed by atoms with Crippen LogP contribution in [0, 0.1) is 5.92 Å². The molecule has 0 amide bonds. The number of nitrogens with one attached hydrogen (secondary N) is 1. The highest BCUT2D eigenvalue weighted by molar-refractivity contribution is 5.66. The second-order valence-electron chi connectivity index (χ2n) is 4.78. The van der Waals surface area contributed by atoms with Gasteiger partial charge in [0.15, 0.2) is 0 Å². The van der Waals surface area contributed by atoms with E-state index in [1.54, 1.807) is 0 Å². The van der Waals surface area contributed by atoms with Gasteiger partial charge in [-0.2, -0.15) is 0 Å².